The lowest BCUT2D eigenvalue weighted by molar-refractivity contribution is 0.100. The maximum absolute atomic E-state index is 11.2. The summed E-state index contributed by atoms with van der Waals surface area (Å²) in [4.78, 5) is 24.5. The number of methoxy groups -OCH3 is 3. The molecule has 0 amide bonds. The average molecular weight is 693 g/mol. The van der Waals surface area contributed by atoms with Gasteiger partial charge in [-0.3, -0.25) is 9.59 Å². The molecule has 0 saturated carbocycles. The molecule has 46 heavy (non-hydrogen) atoms. The molecule has 0 fully saturated rings. The van der Waals surface area contributed by atoms with Crippen LogP contribution < -0.4 is 19.1 Å². The molecule has 0 bridgehead atoms. The van der Waals surface area contributed by atoms with Crippen LogP contribution in [-0.4, -0.2) is 46.0 Å². The number of nitrogens with zero attached hydrogens (tertiary/aromatic N) is 1. The van der Waals surface area contributed by atoms with E-state index in [1.807, 2.05) is 36.4 Å². The third-order valence-electron chi connectivity index (χ3n) is 6.82. The largest absolute Gasteiger partial charge is 0.493 e. The van der Waals surface area contributed by atoms with Gasteiger partial charge in [0.05, 0.1) is 21.3 Å². The van der Waals surface area contributed by atoms with Gasteiger partial charge in [0.15, 0.2) is 23.1 Å². The monoisotopic (exact) mass is 691 g/mol. The van der Waals surface area contributed by atoms with E-state index in [9.17, 15) is 9.59 Å². The molecular formula is C39H50BrNO5. The highest BCUT2D eigenvalue weighted by Gasteiger charge is 2.14. The Morgan fingerprint density at radius 3 is 1.37 bits per heavy atom. The zero-order chi connectivity index (χ0) is 34.8. The molecular weight excluding hydrogens is 642 g/mol. The second kappa shape index (κ2) is 20.8. The number of halogens is 1. The first-order valence-electron chi connectivity index (χ1n) is 15.2. The van der Waals surface area contributed by atoms with Crippen molar-refractivity contribution < 1.29 is 23.8 Å². The maximum Gasteiger partial charge on any atom is 0.203 e. The summed E-state index contributed by atoms with van der Waals surface area (Å²) in [7, 11) is 4.55. The van der Waals surface area contributed by atoms with Crippen LogP contribution in [0.2, 0.25) is 0 Å². The number of ether oxygens (including phenoxy) is 3. The van der Waals surface area contributed by atoms with Crippen molar-refractivity contribution in [2.45, 2.75) is 55.4 Å². The fraction of sp³-hybridized carbons (Fsp3) is 0.333. The van der Waals surface area contributed by atoms with Crippen LogP contribution in [0.5, 0.6) is 17.2 Å². The summed E-state index contributed by atoms with van der Waals surface area (Å²) in [5.74, 6) is 1.54. The van der Waals surface area contributed by atoms with Gasteiger partial charge in [-0.15, -0.1) is 0 Å². The van der Waals surface area contributed by atoms with Crippen molar-refractivity contribution in [2.75, 3.05) is 39.3 Å². The number of rotatable bonds is 8. The van der Waals surface area contributed by atoms with E-state index in [0.29, 0.717) is 22.8 Å². The molecule has 0 atom stereocenters. The number of anilines is 1. The van der Waals surface area contributed by atoms with Gasteiger partial charge in [-0.2, -0.15) is 0 Å². The standard InChI is InChI=1S/C12H17NO.C11H14O4.C9H12.C7H7Br/c1-4-13(5-2)12-8-6-11(7-9-12)10(3)14;1-7(12)8-5-9(13-2)11(15-4)10(6-8)14-3;1-7-4-8(2)6-9(3)5-7;1-6-3-2-4-7(8)5-6/h6-9H,4-5H2,1-3H3;5-6H,1-4H3;4-6H,1-3H3;2-5H,1H3. The molecule has 6 nitrogen and oxygen atoms in total. The predicted molar refractivity (Wildman–Crippen MR) is 196 cm³/mol. The first-order valence-corrected chi connectivity index (χ1v) is 16.0. The molecule has 0 N–H and O–H groups in total. The van der Waals surface area contributed by atoms with Crippen LogP contribution in [0.3, 0.4) is 0 Å². The lowest BCUT2D eigenvalue weighted by Gasteiger charge is -2.20. The van der Waals surface area contributed by atoms with Crippen LogP contribution in [0.25, 0.3) is 0 Å². The molecule has 248 valence electrons. The minimum Gasteiger partial charge on any atom is -0.493 e. The van der Waals surface area contributed by atoms with Crippen LogP contribution >= 0.6 is 15.9 Å². The zero-order valence-electron chi connectivity index (χ0n) is 29.3. The van der Waals surface area contributed by atoms with Crippen molar-refractivity contribution in [2.24, 2.45) is 0 Å². The van der Waals surface area contributed by atoms with Gasteiger partial charge in [-0.25, -0.2) is 0 Å². The highest BCUT2D eigenvalue weighted by atomic mass is 79.9. The van der Waals surface area contributed by atoms with Crippen molar-refractivity contribution in [1.29, 1.82) is 0 Å². The Hall–Kier alpha value is -4.10. The summed E-state index contributed by atoms with van der Waals surface area (Å²) in [6.07, 6.45) is 0. The maximum atomic E-state index is 11.2. The zero-order valence-corrected chi connectivity index (χ0v) is 30.9. The molecule has 0 unspecified atom stereocenters. The molecule has 0 aromatic heterocycles. The van der Waals surface area contributed by atoms with E-state index in [2.05, 4.69) is 92.7 Å². The van der Waals surface area contributed by atoms with Gasteiger partial charge in [0.1, 0.15) is 0 Å². The van der Waals surface area contributed by atoms with Gasteiger partial charge in [-0.1, -0.05) is 68.5 Å². The second-order valence-electron chi connectivity index (χ2n) is 10.7. The lowest BCUT2D eigenvalue weighted by atomic mass is 10.1. The normalized spacial score (nSPS) is 9.65. The molecule has 0 aliphatic rings. The Kier molecular flexibility index (Phi) is 18.1. The van der Waals surface area contributed by atoms with Crippen LogP contribution in [0.4, 0.5) is 5.69 Å². The molecule has 0 heterocycles. The number of aryl methyl sites for hydroxylation is 4. The van der Waals surface area contributed by atoms with Gasteiger partial charge in [0.2, 0.25) is 5.75 Å². The van der Waals surface area contributed by atoms with Crippen molar-refractivity contribution in [1.82, 2.24) is 0 Å². The highest BCUT2D eigenvalue weighted by Crippen LogP contribution is 2.38. The number of hydrogen-bond donors (Lipinski definition) is 0. The predicted octanol–water partition coefficient (Wildman–Crippen LogP) is 10.0. The summed E-state index contributed by atoms with van der Waals surface area (Å²) < 4.78 is 16.5. The summed E-state index contributed by atoms with van der Waals surface area (Å²) in [5, 5.41) is 0. The SMILES string of the molecule is CCN(CC)c1ccc(C(C)=O)cc1.COc1cc(C(C)=O)cc(OC)c1OC.Cc1cc(C)cc(C)c1.Cc1cccc(Br)c1. The van der Waals surface area contributed by atoms with E-state index in [4.69, 9.17) is 14.2 Å². The van der Waals surface area contributed by atoms with Crippen LogP contribution in [0.15, 0.2) is 83.3 Å². The number of carbonyl (C=O) groups excluding carboxylic acids is 2. The van der Waals surface area contributed by atoms with E-state index in [1.54, 1.807) is 19.1 Å². The number of carbonyl (C=O) groups is 2. The van der Waals surface area contributed by atoms with E-state index >= 15 is 0 Å². The van der Waals surface area contributed by atoms with Gasteiger partial charge in [-0.05, 0) is 104 Å². The van der Waals surface area contributed by atoms with Gasteiger partial charge in [0.25, 0.3) is 0 Å². The van der Waals surface area contributed by atoms with Gasteiger partial charge < -0.3 is 19.1 Å². The van der Waals surface area contributed by atoms with Gasteiger partial charge in [0, 0.05) is 34.4 Å². The van der Waals surface area contributed by atoms with Crippen molar-refractivity contribution in [3.63, 3.8) is 0 Å². The summed E-state index contributed by atoms with van der Waals surface area (Å²) >= 11 is 3.36. The number of hydrogen-bond acceptors (Lipinski definition) is 6. The Bertz CT molecular complexity index is 1440. The molecule has 4 aromatic rings. The summed E-state index contributed by atoms with van der Waals surface area (Å²) in [6, 6.07) is 25.8. The average Bonchev–Trinajstić information content (AvgIpc) is 3.01. The molecule has 0 aliphatic carbocycles. The van der Waals surface area contributed by atoms with E-state index in [1.165, 1.54) is 56.2 Å². The van der Waals surface area contributed by atoms with E-state index < -0.39 is 0 Å². The quantitative estimate of drug-likeness (QED) is 0.171. The number of benzene rings is 4. The number of Topliss-reactive ketones (excluding diaryl/α,β-unsaturated/α-hetero) is 2. The molecule has 7 heteroatoms. The Morgan fingerprint density at radius 2 is 1.07 bits per heavy atom. The summed E-state index contributed by atoms with van der Waals surface area (Å²) in [5.41, 5.74) is 7.84. The first-order chi connectivity index (χ1) is 21.8. The molecule has 0 radical (unpaired) electrons. The summed E-state index contributed by atoms with van der Waals surface area (Å²) in [6.45, 7) is 17.8. The molecule has 0 saturated heterocycles. The fourth-order valence-corrected chi connectivity index (χ4v) is 5.10. The topological polar surface area (TPSA) is 65.1 Å². The molecule has 0 spiro atoms. The minimum atomic E-state index is -0.0470. The number of ketones is 2. The smallest absolute Gasteiger partial charge is 0.203 e. The highest BCUT2D eigenvalue weighted by molar-refractivity contribution is 9.10. The minimum absolute atomic E-state index is 0.0470. The van der Waals surface area contributed by atoms with Crippen LogP contribution in [-0.2, 0) is 0 Å². The van der Waals surface area contributed by atoms with Crippen molar-refractivity contribution >= 4 is 33.2 Å². The third-order valence-corrected chi connectivity index (χ3v) is 7.31. The molecule has 4 aromatic carbocycles. The van der Waals surface area contributed by atoms with Crippen molar-refractivity contribution in [3.05, 3.63) is 117 Å². The fourth-order valence-electron chi connectivity index (χ4n) is 4.59. The van der Waals surface area contributed by atoms with E-state index in [-0.39, 0.29) is 11.6 Å². The first kappa shape index (κ1) is 39.9. The second-order valence-corrected chi connectivity index (χ2v) is 11.6. The Labute approximate surface area is 284 Å². The Morgan fingerprint density at radius 1 is 0.609 bits per heavy atom. The molecule has 0 aliphatic heterocycles. The van der Waals surface area contributed by atoms with Gasteiger partial charge >= 0.3 is 0 Å². The molecule has 4 rings (SSSR count). The van der Waals surface area contributed by atoms with Crippen LogP contribution in [0, 0.1) is 27.7 Å². The van der Waals surface area contributed by atoms with Crippen molar-refractivity contribution in [3.8, 4) is 17.2 Å². The van der Waals surface area contributed by atoms with E-state index in [0.717, 1.165) is 23.1 Å². The third kappa shape index (κ3) is 13.9. The van der Waals surface area contributed by atoms with Crippen LogP contribution in [0.1, 0.15) is 70.7 Å². The Balaban J connectivity index is 0.000000316. The lowest BCUT2D eigenvalue weighted by Crippen LogP contribution is -2.21.